The van der Waals surface area contributed by atoms with E-state index in [2.05, 4.69) is 20.3 Å². The number of piperidine rings is 1. The molecule has 3 heterocycles. The largest absolute Gasteiger partial charge is 0.393 e. The molecule has 6 heteroatoms. The molecule has 1 N–H and O–H groups in total. The van der Waals surface area contributed by atoms with Crippen LogP contribution in [0.15, 0.2) is 0 Å². The fraction of sp³-hybridized carbons (Fsp3) is 0.900. The standard InChI is InChI=1S/C10H17N5O/c1-14-12-10(11-13-14)6-15-7-2-3-8(15)5-9(16)4-7/h7-9,16H,2-6H2,1H3. The Morgan fingerprint density at radius 3 is 2.56 bits per heavy atom. The van der Waals surface area contributed by atoms with Crippen molar-refractivity contribution in [3.8, 4) is 0 Å². The SMILES string of the molecule is Cn1nnc(CN2C3CCC2CC(O)C3)n1. The van der Waals surface area contributed by atoms with Gasteiger partial charge in [-0.3, -0.25) is 4.90 Å². The van der Waals surface area contributed by atoms with Gasteiger partial charge in [0.1, 0.15) is 0 Å². The summed E-state index contributed by atoms with van der Waals surface area (Å²) in [5.41, 5.74) is 0. The van der Waals surface area contributed by atoms with E-state index < -0.39 is 0 Å². The molecule has 2 bridgehead atoms. The van der Waals surface area contributed by atoms with E-state index in [1.807, 2.05) is 0 Å². The molecule has 0 radical (unpaired) electrons. The predicted molar refractivity (Wildman–Crippen MR) is 56.4 cm³/mol. The number of hydrogen-bond acceptors (Lipinski definition) is 5. The molecule has 3 rings (SSSR count). The van der Waals surface area contributed by atoms with E-state index in [1.54, 1.807) is 7.05 Å². The fourth-order valence-electron chi connectivity index (χ4n) is 3.05. The van der Waals surface area contributed by atoms with Gasteiger partial charge in [0.25, 0.3) is 0 Å². The molecule has 2 atom stereocenters. The maximum atomic E-state index is 9.70. The molecule has 2 saturated heterocycles. The number of fused-ring (bicyclic) bond motifs is 2. The Hall–Kier alpha value is -1.01. The van der Waals surface area contributed by atoms with Crippen LogP contribution in [0.25, 0.3) is 0 Å². The van der Waals surface area contributed by atoms with Crippen LogP contribution in [0, 0.1) is 0 Å². The number of hydrogen-bond donors (Lipinski definition) is 1. The summed E-state index contributed by atoms with van der Waals surface area (Å²) in [5, 5.41) is 21.8. The molecule has 2 aliphatic heterocycles. The third-order valence-electron chi connectivity index (χ3n) is 3.73. The van der Waals surface area contributed by atoms with Crippen LogP contribution in [-0.4, -0.2) is 48.4 Å². The minimum atomic E-state index is -0.108. The maximum Gasteiger partial charge on any atom is 0.188 e. The zero-order valence-electron chi connectivity index (χ0n) is 9.45. The number of aryl methyl sites for hydroxylation is 1. The first-order valence-corrected chi connectivity index (χ1v) is 5.89. The first-order valence-electron chi connectivity index (χ1n) is 5.89. The van der Waals surface area contributed by atoms with Crippen LogP contribution in [0.4, 0.5) is 0 Å². The van der Waals surface area contributed by atoms with Gasteiger partial charge in [-0.1, -0.05) is 0 Å². The van der Waals surface area contributed by atoms with Gasteiger partial charge in [-0.2, -0.15) is 4.80 Å². The molecule has 0 spiro atoms. The van der Waals surface area contributed by atoms with E-state index in [0.717, 1.165) is 25.2 Å². The Morgan fingerprint density at radius 2 is 2.00 bits per heavy atom. The first kappa shape index (κ1) is 10.2. The van der Waals surface area contributed by atoms with Gasteiger partial charge in [0.05, 0.1) is 19.7 Å². The van der Waals surface area contributed by atoms with Crippen LogP contribution in [0.3, 0.4) is 0 Å². The number of rotatable bonds is 2. The number of aliphatic hydroxyl groups excluding tert-OH is 1. The van der Waals surface area contributed by atoms with Crippen LogP contribution in [-0.2, 0) is 13.6 Å². The second-order valence-corrected chi connectivity index (χ2v) is 4.88. The highest BCUT2D eigenvalue weighted by Crippen LogP contribution is 2.36. The van der Waals surface area contributed by atoms with Gasteiger partial charge >= 0.3 is 0 Å². The Kier molecular flexibility index (Phi) is 2.40. The lowest BCUT2D eigenvalue weighted by Crippen LogP contribution is -2.44. The van der Waals surface area contributed by atoms with Gasteiger partial charge < -0.3 is 5.11 Å². The highest BCUT2D eigenvalue weighted by molar-refractivity contribution is 4.96. The third-order valence-corrected chi connectivity index (χ3v) is 3.73. The Labute approximate surface area is 94.2 Å². The molecule has 16 heavy (non-hydrogen) atoms. The van der Waals surface area contributed by atoms with Gasteiger partial charge in [0.2, 0.25) is 0 Å². The summed E-state index contributed by atoms with van der Waals surface area (Å²) in [5.74, 6) is 0.788. The van der Waals surface area contributed by atoms with E-state index in [-0.39, 0.29) is 6.10 Å². The van der Waals surface area contributed by atoms with Crippen molar-refractivity contribution in [1.29, 1.82) is 0 Å². The topological polar surface area (TPSA) is 67.1 Å². The highest BCUT2D eigenvalue weighted by atomic mass is 16.3. The number of tetrazole rings is 1. The van der Waals surface area contributed by atoms with Crippen molar-refractivity contribution in [3.05, 3.63) is 5.82 Å². The molecule has 2 aliphatic rings. The van der Waals surface area contributed by atoms with Crippen molar-refractivity contribution < 1.29 is 5.11 Å². The second kappa shape index (κ2) is 3.78. The summed E-state index contributed by atoms with van der Waals surface area (Å²) in [6, 6.07) is 1.02. The second-order valence-electron chi connectivity index (χ2n) is 4.88. The monoisotopic (exact) mass is 223 g/mol. The minimum absolute atomic E-state index is 0.108. The lowest BCUT2D eigenvalue weighted by molar-refractivity contribution is 0.0296. The molecule has 0 saturated carbocycles. The zero-order chi connectivity index (χ0) is 11.1. The van der Waals surface area contributed by atoms with Crippen LogP contribution < -0.4 is 0 Å². The van der Waals surface area contributed by atoms with Gasteiger partial charge in [0.15, 0.2) is 5.82 Å². The van der Waals surface area contributed by atoms with Crippen LogP contribution in [0.2, 0.25) is 0 Å². The lowest BCUT2D eigenvalue weighted by Gasteiger charge is -2.36. The quantitative estimate of drug-likeness (QED) is 0.745. The summed E-state index contributed by atoms with van der Waals surface area (Å²) in [6.07, 6.45) is 4.08. The summed E-state index contributed by atoms with van der Waals surface area (Å²) in [7, 11) is 1.78. The van der Waals surface area contributed by atoms with Crippen LogP contribution in [0.5, 0.6) is 0 Å². The summed E-state index contributed by atoms with van der Waals surface area (Å²) >= 11 is 0. The number of nitrogens with zero attached hydrogens (tertiary/aromatic N) is 5. The lowest BCUT2D eigenvalue weighted by atomic mass is 10.00. The molecule has 88 valence electrons. The average molecular weight is 223 g/mol. The zero-order valence-corrected chi connectivity index (χ0v) is 9.45. The molecular formula is C10H17N5O. The molecule has 1 aromatic rings. The van der Waals surface area contributed by atoms with Crippen LogP contribution >= 0.6 is 0 Å². The third kappa shape index (κ3) is 1.72. The van der Waals surface area contributed by atoms with Gasteiger partial charge in [-0.05, 0) is 30.9 Å². The van der Waals surface area contributed by atoms with Crippen molar-refractivity contribution in [2.45, 2.75) is 50.4 Å². The van der Waals surface area contributed by atoms with Crippen molar-refractivity contribution in [1.82, 2.24) is 25.1 Å². The Bertz CT molecular complexity index is 365. The molecule has 1 aromatic heterocycles. The normalized spacial score (nSPS) is 34.5. The first-order chi connectivity index (χ1) is 7.72. The van der Waals surface area contributed by atoms with Crippen LogP contribution in [0.1, 0.15) is 31.5 Å². The maximum absolute atomic E-state index is 9.70. The van der Waals surface area contributed by atoms with E-state index in [0.29, 0.717) is 12.1 Å². The van der Waals surface area contributed by atoms with Crippen molar-refractivity contribution in [2.24, 2.45) is 7.05 Å². The molecule has 0 aromatic carbocycles. The van der Waals surface area contributed by atoms with Crippen molar-refractivity contribution >= 4 is 0 Å². The van der Waals surface area contributed by atoms with E-state index in [4.69, 9.17) is 0 Å². The molecule has 2 fully saturated rings. The number of aromatic nitrogens is 4. The van der Waals surface area contributed by atoms with Gasteiger partial charge in [-0.25, -0.2) is 0 Å². The Morgan fingerprint density at radius 1 is 1.31 bits per heavy atom. The summed E-state index contributed by atoms with van der Waals surface area (Å²) in [4.78, 5) is 3.93. The van der Waals surface area contributed by atoms with Gasteiger partial charge in [-0.15, -0.1) is 10.2 Å². The number of aliphatic hydroxyl groups is 1. The highest BCUT2D eigenvalue weighted by Gasteiger charge is 2.40. The van der Waals surface area contributed by atoms with E-state index in [9.17, 15) is 5.11 Å². The summed E-state index contributed by atoms with van der Waals surface area (Å²) < 4.78 is 0. The predicted octanol–water partition coefficient (Wildman–Crippen LogP) is -0.302. The van der Waals surface area contributed by atoms with E-state index >= 15 is 0 Å². The molecule has 6 nitrogen and oxygen atoms in total. The molecule has 0 amide bonds. The molecular weight excluding hydrogens is 206 g/mol. The molecule has 0 aliphatic carbocycles. The van der Waals surface area contributed by atoms with Gasteiger partial charge in [0, 0.05) is 12.1 Å². The molecule has 2 unspecified atom stereocenters. The van der Waals surface area contributed by atoms with Crippen molar-refractivity contribution in [3.63, 3.8) is 0 Å². The fourth-order valence-corrected chi connectivity index (χ4v) is 3.05. The Balaban J connectivity index is 1.72. The minimum Gasteiger partial charge on any atom is -0.393 e. The average Bonchev–Trinajstić information content (AvgIpc) is 2.72. The smallest absolute Gasteiger partial charge is 0.188 e. The van der Waals surface area contributed by atoms with E-state index in [1.165, 1.54) is 17.6 Å². The van der Waals surface area contributed by atoms with Crippen molar-refractivity contribution in [2.75, 3.05) is 0 Å². The summed E-state index contributed by atoms with van der Waals surface area (Å²) in [6.45, 7) is 0.774.